The molecule has 0 radical (unpaired) electrons. The van der Waals surface area contributed by atoms with E-state index < -0.39 is 25.6 Å². The van der Waals surface area contributed by atoms with Crippen molar-refractivity contribution in [3.8, 4) is 0 Å². The average molecular weight is 755 g/mol. The molecule has 4 aromatic rings. The Hall–Kier alpha value is -4.17. The van der Waals surface area contributed by atoms with E-state index in [9.17, 15) is 28.4 Å². The van der Waals surface area contributed by atoms with E-state index in [1.807, 2.05) is 38.1 Å². The molecule has 2 aromatic carbocycles. The molecule has 3 amide bonds. The fraction of sp³-hybridized carbons (Fsp3) is 0.378. The summed E-state index contributed by atoms with van der Waals surface area (Å²) in [7, 11) is -4.61. The van der Waals surface area contributed by atoms with E-state index >= 15 is 0 Å². The number of rotatable bonds is 18. The first-order chi connectivity index (χ1) is 24.8. The van der Waals surface area contributed by atoms with Crippen molar-refractivity contribution in [2.75, 3.05) is 25.1 Å². The SMILES string of the molecule is Cc1[nH]c(C=C2C(=O)Nc3ccc(F)cc32)c(C)c1CCC(=O)N[C@@H](CC(=O)NCCCCC(CO)COP(=O)(O)O)Cc1csc2ccccc12. The van der Waals surface area contributed by atoms with Crippen LogP contribution in [0.2, 0.25) is 0 Å². The zero-order chi connectivity index (χ0) is 37.4. The molecule has 3 heterocycles. The molecule has 2 aromatic heterocycles. The number of H-pyrrole nitrogens is 1. The molecule has 0 saturated heterocycles. The van der Waals surface area contributed by atoms with Crippen molar-refractivity contribution in [3.05, 3.63) is 87.3 Å². The number of aliphatic hydroxyl groups excluding tert-OH is 1. The zero-order valence-corrected chi connectivity index (χ0v) is 30.7. The van der Waals surface area contributed by atoms with Crippen LogP contribution in [-0.4, -0.2) is 63.4 Å². The summed E-state index contributed by atoms with van der Waals surface area (Å²) in [4.78, 5) is 60.2. The molecule has 0 spiro atoms. The Morgan fingerprint density at radius 2 is 1.90 bits per heavy atom. The number of amides is 3. The Labute approximate surface area is 305 Å². The average Bonchev–Trinajstić information content (AvgIpc) is 3.72. The molecule has 12 nitrogen and oxygen atoms in total. The highest BCUT2D eigenvalue weighted by atomic mass is 32.1. The number of nitrogens with one attached hydrogen (secondary N) is 4. The van der Waals surface area contributed by atoms with E-state index in [0.29, 0.717) is 61.2 Å². The lowest BCUT2D eigenvalue weighted by Crippen LogP contribution is -2.40. The van der Waals surface area contributed by atoms with Gasteiger partial charge in [0.15, 0.2) is 0 Å². The first-order valence-corrected chi connectivity index (χ1v) is 19.6. The van der Waals surface area contributed by atoms with Gasteiger partial charge in [0.25, 0.3) is 5.91 Å². The maximum Gasteiger partial charge on any atom is 0.469 e. The van der Waals surface area contributed by atoms with E-state index in [0.717, 1.165) is 32.5 Å². The van der Waals surface area contributed by atoms with Gasteiger partial charge >= 0.3 is 7.82 Å². The number of hydrogen-bond acceptors (Lipinski definition) is 7. The van der Waals surface area contributed by atoms with Crippen molar-refractivity contribution in [3.63, 3.8) is 0 Å². The van der Waals surface area contributed by atoms with Gasteiger partial charge in [-0.05, 0) is 97.3 Å². The van der Waals surface area contributed by atoms with Crippen LogP contribution in [0, 0.1) is 25.6 Å². The van der Waals surface area contributed by atoms with Crippen molar-refractivity contribution in [1.29, 1.82) is 0 Å². The number of aromatic amines is 1. The summed E-state index contributed by atoms with van der Waals surface area (Å²) < 4.78 is 30.5. The molecule has 1 aliphatic heterocycles. The predicted molar refractivity (Wildman–Crippen MR) is 199 cm³/mol. The lowest BCUT2D eigenvalue weighted by Gasteiger charge is -2.19. The molecule has 52 heavy (non-hydrogen) atoms. The number of aromatic nitrogens is 1. The van der Waals surface area contributed by atoms with Crippen LogP contribution in [0.4, 0.5) is 10.1 Å². The highest BCUT2D eigenvalue weighted by Gasteiger charge is 2.26. The van der Waals surface area contributed by atoms with Gasteiger partial charge in [0, 0.05) is 65.3 Å². The molecule has 7 N–H and O–H groups in total. The lowest BCUT2D eigenvalue weighted by atomic mass is 10.0. The number of aryl methyl sites for hydroxylation is 1. The van der Waals surface area contributed by atoms with Gasteiger partial charge < -0.3 is 35.8 Å². The fourth-order valence-electron chi connectivity index (χ4n) is 6.46. The Kier molecular flexibility index (Phi) is 13.2. The number of anilines is 1. The number of phosphoric acid groups is 1. The second-order valence-corrected chi connectivity index (χ2v) is 15.2. The number of fused-ring (bicyclic) bond motifs is 2. The number of carbonyl (C=O) groups excluding carboxylic acids is 3. The highest BCUT2D eigenvalue weighted by Crippen LogP contribution is 2.37. The minimum absolute atomic E-state index is 0.0648. The summed E-state index contributed by atoms with van der Waals surface area (Å²) in [5.41, 5.74) is 5.82. The summed E-state index contributed by atoms with van der Waals surface area (Å²) >= 11 is 1.61. The fourth-order valence-corrected chi connectivity index (χ4v) is 7.84. The molecule has 2 atom stereocenters. The van der Waals surface area contributed by atoms with Crippen molar-refractivity contribution >= 4 is 64.3 Å². The third-order valence-corrected chi connectivity index (χ3v) is 10.7. The molecule has 1 unspecified atom stereocenters. The zero-order valence-electron chi connectivity index (χ0n) is 29.0. The Morgan fingerprint density at radius 1 is 1.12 bits per heavy atom. The van der Waals surface area contributed by atoms with Crippen LogP contribution < -0.4 is 16.0 Å². The van der Waals surface area contributed by atoms with Gasteiger partial charge in [0.2, 0.25) is 11.8 Å². The Balaban J connectivity index is 1.19. The number of unbranched alkanes of at least 4 members (excludes halogenated alkanes) is 1. The number of thiophene rings is 1. The summed E-state index contributed by atoms with van der Waals surface area (Å²) in [5, 5.41) is 21.4. The Morgan fingerprint density at radius 3 is 2.67 bits per heavy atom. The summed E-state index contributed by atoms with van der Waals surface area (Å²) in [6.45, 7) is 3.65. The van der Waals surface area contributed by atoms with Gasteiger partial charge in [-0.25, -0.2) is 8.96 Å². The van der Waals surface area contributed by atoms with Gasteiger partial charge in [0.05, 0.1) is 12.2 Å². The third kappa shape index (κ3) is 10.5. The van der Waals surface area contributed by atoms with Gasteiger partial charge in [-0.3, -0.25) is 18.9 Å². The minimum Gasteiger partial charge on any atom is -0.396 e. The van der Waals surface area contributed by atoms with Crippen molar-refractivity contribution in [2.45, 2.75) is 64.8 Å². The van der Waals surface area contributed by atoms with Crippen LogP contribution in [0.5, 0.6) is 0 Å². The predicted octanol–water partition coefficient (Wildman–Crippen LogP) is 5.53. The van der Waals surface area contributed by atoms with Crippen LogP contribution in [0.1, 0.15) is 65.7 Å². The molecule has 0 aliphatic carbocycles. The number of carbonyl (C=O) groups is 3. The van der Waals surface area contributed by atoms with Gasteiger partial charge in [-0.2, -0.15) is 0 Å². The number of aliphatic hydroxyl groups is 1. The van der Waals surface area contributed by atoms with E-state index in [2.05, 4.69) is 30.8 Å². The smallest absolute Gasteiger partial charge is 0.396 e. The number of halogens is 1. The van der Waals surface area contributed by atoms with E-state index in [-0.39, 0.29) is 43.8 Å². The van der Waals surface area contributed by atoms with Gasteiger partial charge in [-0.1, -0.05) is 24.6 Å². The number of benzene rings is 2. The largest absolute Gasteiger partial charge is 0.469 e. The molecule has 1 aliphatic rings. The topological polar surface area (TPSA) is 190 Å². The minimum atomic E-state index is -4.61. The number of hydrogen-bond donors (Lipinski definition) is 7. The molecule has 0 bridgehead atoms. The molecular weight excluding hydrogens is 710 g/mol. The maximum absolute atomic E-state index is 14.0. The summed E-state index contributed by atoms with van der Waals surface area (Å²) in [5.74, 6) is -1.61. The monoisotopic (exact) mass is 754 g/mol. The maximum atomic E-state index is 14.0. The van der Waals surface area contributed by atoms with Crippen molar-refractivity contribution in [1.82, 2.24) is 15.6 Å². The van der Waals surface area contributed by atoms with E-state index in [1.54, 1.807) is 17.4 Å². The second kappa shape index (κ2) is 17.6. The first kappa shape index (κ1) is 39.0. The third-order valence-electron chi connectivity index (χ3n) is 9.21. The normalized spacial score (nSPS) is 14.7. The van der Waals surface area contributed by atoms with Gasteiger partial charge in [-0.15, -0.1) is 11.3 Å². The molecular formula is C37H44FN4O8PS. The molecule has 15 heteroatoms. The standard InChI is InChI=1S/C37H44FN4O8PS/c1-22-28(23(2)40-33(22)18-31-30-16-26(38)10-12-32(30)42-37(31)46)11-13-35(44)41-27(15-25-21-52-34-9-4-3-8-29(25)34)17-36(45)39-14-6-5-7-24(19-43)20-50-51(47,48)49/h3-4,8-10,12,16,18,21,24,27,40,43H,5-7,11,13-15,17,19-20H2,1-2H3,(H,39,45)(H,41,44)(H,42,46)(H2,47,48,49)/t24?,27-/m1/s1. The van der Waals surface area contributed by atoms with E-state index in [1.165, 1.54) is 18.2 Å². The number of phosphoric ester groups is 1. The second-order valence-electron chi connectivity index (χ2n) is 13.1. The molecule has 0 saturated carbocycles. The van der Waals surface area contributed by atoms with Crippen LogP contribution in [0.3, 0.4) is 0 Å². The van der Waals surface area contributed by atoms with Crippen LogP contribution in [-0.2, 0) is 36.3 Å². The lowest BCUT2D eigenvalue weighted by molar-refractivity contribution is -0.123. The van der Waals surface area contributed by atoms with Crippen LogP contribution >= 0.6 is 19.2 Å². The molecule has 0 fully saturated rings. The van der Waals surface area contributed by atoms with Crippen molar-refractivity contribution < 1.29 is 42.8 Å². The molecule has 278 valence electrons. The summed E-state index contributed by atoms with van der Waals surface area (Å²) in [6.07, 6.45) is 4.50. The van der Waals surface area contributed by atoms with Crippen LogP contribution in [0.25, 0.3) is 21.7 Å². The van der Waals surface area contributed by atoms with Crippen LogP contribution in [0.15, 0.2) is 47.8 Å². The Bertz CT molecular complexity index is 2000. The van der Waals surface area contributed by atoms with E-state index in [4.69, 9.17) is 9.79 Å². The highest BCUT2D eigenvalue weighted by molar-refractivity contribution is 7.46. The first-order valence-electron chi connectivity index (χ1n) is 17.1. The van der Waals surface area contributed by atoms with Gasteiger partial charge in [0.1, 0.15) is 5.82 Å². The summed E-state index contributed by atoms with van der Waals surface area (Å²) in [6, 6.07) is 11.7. The molecule has 5 rings (SSSR count). The van der Waals surface area contributed by atoms with Crippen molar-refractivity contribution in [2.24, 2.45) is 5.92 Å². The quantitative estimate of drug-likeness (QED) is 0.0392.